The molecule has 1 aliphatic heterocycles. The van der Waals surface area contributed by atoms with Crippen LogP contribution in [-0.2, 0) is 7.05 Å². The van der Waals surface area contributed by atoms with E-state index in [1.807, 2.05) is 29.8 Å². The van der Waals surface area contributed by atoms with Crippen molar-refractivity contribution < 1.29 is 9.72 Å². The van der Waals surface area contributed by atoms with Crippen molar-refractivity contribution in [3.63, 3.8) is 0 Å². The Morgan fingerprint density at radius 3 is 2.59 bits per heavy atom. The number of aromatic nitrogens is 2. The summed E-state index contributed by atoms with van der Waals surface area (Å²) in [5, 5.41) is 16.6. The summed E-state index contributed by atoms with van der Waals surface area (Å²) in [5.41, 5.74) is 1.63. The van der Waals surface area contributed by atoms with E-state index in [0.717, 1.165) is 15.9 Å². The summed E-state index contributed by atoms with van der Waals surface area (Å²) in [6, 6.07) is 8.66. The Kier molecular flexibility index (Phi) is 4.31. The number of para-hydroxylation sites is 2. The normalized spacial score (nSPS) is 14.7. The second-order valence-electron chi connectivity index (χ2n) is 6.56. The molecule has 0 unspecified atom stereocenters. The highest BCUT2D eigenvalue weighted by atomic mass is 32.1. The van der Waals surface area contributed by atoms with E-state index in [-0.39, 0.29) is 16.5 Å². The minimum Gasteiger partial charge on any atom is -0.362 e. The molecule has 4 rings (SSSR count). The van der Waals surface area contributed by atoms with Crippen LogP contribution in [0.4, 0.5) is 11.4 Å². The fourth-order valence-electron chi connectivity index (χ4n) is 3.50. The van der Waals surface area contributed by atoms with Crippen LogP contribution >= 0.6 is 11.3 Å². The van der Waals surface area contributed by atoms with Crippen molar-refractivity contribution in [2.75, 3.05) is 31.1 Å². The monoisotopic (exact) mass is 385 g/mol. The van der Waals surface area contributed by atoms with Gasteiger partial charge in [-0.15, -0.1) is 11.3 Å². The second-order valence-corrected chi connectivity index (χ2v) is 7.59. The lowest BCUT2D eigenvalue weighted by atomic mass is 10.2. The quantitative estimate of drug-likeness (QED) is 0.511. The number of benzene rings is 1. The minimum absolute atomic E-state index is 0.0119. The molecule has 9 heteroatoms. The number of nitro benzene ring substituents is 1. The minimum atomic E-state index is -0.361. The Morgan fingerprint density at radius 2 is 1.93 bits per heavy atom. The number of carbonyl (C=O) groups excluding carboxylic acids is 1. The molecule has 3 aromatic rings. The first-order valence-corrected chi connectivity index (χ1v) is 9.48. The predicted octanol–water partition coefficient (Wildman–Crippen LogP) is 2.81. The van der Waals surface area contributed by atoms with Gasteiger partial charge >= 0.3 is 0 Å². The number of fused-ring (bicyclic) bond motifs is 1. The lowest BCUT2D eigenvalue weighted by Gasteiger charge is -2.35. The molecule has 1 aromatic carbocycles. The van der Waals surface area contributed by atoms with Crippen LogP contribution in [0.1, 0.15) is 15.4 Å². The molecule has 0 saturated carbocycles. The van der Waals surface area contributed by atoms with E-state index < -0.39 is 0 Å². The van der Waals surface area contributed by atoms with Crippen LogP contribution in [-0.4, -0.2) is 51.7 Å². The molecule has 1 fully saturated rings. The Labute approximate surface area is 159 Å². The second kappa shape index (κ2) is 6.66. The van der Waals surface area contributed by atoms with Gasteiger partial charge in [0, 0.05) is 44.7 Å². The maximum atomic E-state index is 12.9. The molecule has 3 heterocycles. The van der Waals surface area contributed by atoms with Crippen molar-refractivity contribution in [2.24, 2.45) is 7.05 Å². The summed E-state index contributed by atoms with van der Waals surface area (Å²) in [6.45, 7) is 4.16. The Morgan fingerprint density at radius 1 is 1.22 bits per heavy atom. The topological polar surface area (TPSA) is 84.5 Å². The van der Waals surface area contributed by atoms with Crippen molar-refractivity contribution in [1.29, 1.82) is 0 Å². The van der Waals surface area contributed by atoms with Gasteiger partial charge in [0.1, 0.15) is 10.5 Å². The molecule has 27 heavy (non-hydrogen) atoms. The maximum absolute atomic E-state index is 12.9. The van der Waals surface area contributed by atoms with Gasteiger partial charge in [0.15, 0.2) is 0 Å². The first-order chi connectivity index (χ1) is 13.0. The highest BCUT2D eigenvalue weighted by Crippen LogP contribution is 2.30. The van der Waals surface area contributed by atoms with Gasteiger partial charge in [0.2, 0.25) is 0 Å². The first kappa shape index (κ1) is 17.5. The number of thiophene rings is 1. The summed E-state index contributed by atoms with van der Waals surface area (Å²) in [7, 11) is 1.88. The molecule has 2 aromatic heterocycles. The Hall–Kier alpha value is -2.94. The van der Waals surface area contributed by atoms with Crippen LogP contribution in [0.2, 0.25) is 0 Å². The molecule has 1 saturated heterocycles. The molecule has 140 valence electrons. The third-order valence-electron chi connectivity index (χ3n) is 4.89. The van der Waals surface area contributed by atoms with Gasteiger partial charge in [0.25, 0.3) is 11.6 Å². The summed E-state index contributed by atoms with van der Waals surface area (Å²) in [4.78, 5) is 29.3. The van der Waals surface area contributed by atoms with Crippen LogP contribution < -0.4 is 4.90 Å². The van der Waals surface area contributed by atoms with Gasteiger partial charge in [-0.25, -0.2) is 0 Å². The fourth-order valence-corrected chi connectivity index (χ4v) is 4.59. The molecule has 0 N–H and O–H groups in total. The molecule has 8 nitrogen and oxygen atoms in total. The molecule has 0 atom stereocenters. The van der Waals surface area contributed by atoms with Crippen molar-refractivity contribution in [2.45, 2.75) is 6.92 Å². The Bertz CT molecular complexity index is 998. The van der Waals surface area contributed by atoms with Crippen LogP contribution in [0.15, 0.2) is 30.3 Å². The van der Waals surface area contributed by atoms with E-state index in [2.05, 4.69) is 5.10 Å². The van der Waals surface area contributed by atoms with Crippen molar-refractivity contribution in [1.82, 2.24) is 14.7 Å². The summed E-state index contributed by atoms with van der Waals surface area (Å²) < 4.78 is 1.80. The highest BCUT2D eigenvalue weighted by molar-refractivity contribution is 7.20. The molecule has 1 amide bonds. The van der Waals surface area contributed by atoms with E-state index in [1.165, 1.54) is 17.4 Å². The number of carbonyl (C=O) groups is 1. The highest BCUT2D eigenvalue weighted by Gasteiger charge is 2.27. The first-order valence-electron chi connectivity index (χ1n) is 8.66. The molecule has 0 spiro atoms. The molecular formula is C18H19N5O3S. The zero-order valence-electron chi connectivity index (χ0n) is 15.1. The van der Waals surface area contributed by atoms with E-state index in [4.69, 9.17) is 0 Å². The lowest BCUT2D eigenvalue weighted by Crippen LogP contribution is -2.48. The molecular weight excluding hydrogens is 366 g/mol. The summed E-state index contributed by atoms with van der Waals surface area (Å²) in [5.74, 6) is 0.0119. The number of nitrogens with zero attached hydrogens (tertiary/aromatic N) is 5. The van der Waals surface area contributed by atoms with E-state index in [1.54, 1.807) is 22.9 Å². The van der Waals surface area contributed by atoms with Crippen LogP contribution in [0.25, 0.3) is 10.2 Å². The SMILES string of the molecule is Cc1nn(C)c2sc(C(=O)N3CCN(c4ccccc4[N+](=O)[O-])CC3)cc12. The lowest BCUT2D eigenvalue weighted by molar-refractivity contribution is -0.384. The molecule has 0 bridgehead atoms. The van der Waals surface area contributed by atoms with Crippen LogP contribution in [0.5, 0.6) is 0 Å². The number of anilines is 1. The number of nitro groups is 1. The summed E-state index contributed by atoms with van der Waals surface area (Å²) in [6.07, 6.45) is 0. The average Bonchev–Trinajstić information content (AvgIpc) is 3.23. The Balaban J connectivity index is 1.49. The number of rotatable bonds is 3. The fraction of sp³-hybridized carbons (Fsp3) is 0.333. The van der Waals surface area contributed by atoms with Gasteiger partial charge < -0.3 is 9.80 Å². The van der Waals surface area contributed by atoms with Crippen molar-refractivity contribution in [3.8, 4) is 0 Å². The summed E-state index contributed by atoms with van der Waals surface area (Å²) >= 11 is 1.46. The van der Waals surface area contributed by atoms with Crippen LogP contribution in [0.3, 0.4) is 0 Å². The predicted molar refractivity (Wildman–Crippen MR) is 105 cm³/mol. The number of aryl methyl sites for hydroxylation is 2. The van der Waals surface area contributed by atoms with Gasteiger partial charge in [-0.05, 0) is 19.1 Å². The third-order valence-corrected chi connectivity index (χ3v) is 6.08. The molecule has 1 aliphatic rings. The zero-order valence-corrected chi connectivity index (χ0v) is 15.9. The van der Waals surface area contributed by atoms with Gasteiger partial charge in [-0.1, -0.05) is 12.1 Å². The van der Waals surface area contributed by atoms with E-state index in [9.17, 15) is 14.9 Å². The number of amides is 1. The van der Waals surface area contributed by atoms with Gasteiger partial charge in [0.05, 0.1) is 15.5 Å². The van der Waals surface area contributed by atoms with Gasteiger partial charge in [-0.3, -0.25) is 19.6 Å². The smallest absolute Gasteiger partial charge is 0.292 e. The number of hydrogen-bond donors (Lipinski definition) is 0. The van der Waals surface area contributed by atoms with Gasteiger partial charge in [-0.2, -0.15) is 5.10 Å². The number of hydrogen-bond acceptors (Lipinski definition) is 6. The molecule has 0 radical (unpaired) electrons. The maximum Gasteiger partial charge on any atom is 0.292 e. The standard InChI is InChI=1S/C18H19N5O3S/c1-12-13-11-16(27-18(13)20(2)19-12)17(24)22-9-7-21(8-10-22)14-5-3-4-6-15(14)23(25)26/h3-6,11H,7-10H2,1-2H3. The van der Waals surface area contributed by atoms with E-state index in [0.29, 0.717) is 36.7 Å². The van der Waals surface area contributed by atoms with Crippen molar-refractivity contribution in [3.05, 3.63) is 51.0 Å². The molecule has 0 aliphatic carbocycles. The zero-order chi connectivity index (χ0) is 19.1. The van der Waals surface area contributed by atoms with Crippen LogP contribution in [0, 0.1) is 17.0 Å². The van der Waals surface area contributed by atoms with Crippen molar-refractivity contribution >= 4 is 38.8 Å². The average molecular weight is 385 g/mol. The number of piperazine rings is 1. The third kappa shape index (κ3) is 3.03. The largest absolute Gasteiger partial charge is 0.362 e. The van der Waals surface area contributed by atoms with E-state index >= 15 is 0 Å².